The molecule has 1 aromatic carbocycles. The van der Waals surface area contributed by atoms with E-state index in [9.17, 15) is 0 Å². The first kappa shape index (κ1) is 11.4. The van der Waals surface area contributed by atoms with Gasteiger partial charge in [-0.25, -0.2) is 0 Å². The van der Waals surface area contributed by atoms with Crippen LogP contribution in [-0.2, 0) is 4.43 Å². The van der Waals surface area contributed by atoms with Crippen molar-refractivity contribution in [2.24, 2.45) is 0 Å². The highest BCUT2D eigenvalue weighted by Gasteiger charge is 2.29. The molecule has 0 amide bonds. The van der Waals surface area contributed by atoms with Crippen molar-refractivity contribution in [3.8, 4) is 0 Å². The van der Waals surface area contributed by atoms with Crippen LogP contribution in [0, 0.1) is 0 Å². The Hall–Kier alpha value is -0.643. The van der Waals surface area contributed by atoms with E-state index >= 15 is 0 Å². The molecule has 14 heavy (non-hydrogen) atoms. The fourth-order valence-corrected chi connectivity index (χ4v) is 2.90. The third kappa shape index (κ3) is 2.44. The van der Waals surface area contributed by atoms with Crippen molar-refractivity contribution in [1.82, 2.24) is 4.15 Å². The lowest BCUT2D eigenvalue weighted by molar-refractivity contribution is 0.307. The van der Waals surface area contributed by atoms with E-state index in [1.54, 1.807) is 0 Å². The summed E-state index contributed by atoms with van der Waals surface area (Å²) in [6.45, 7) is 5.13. The topological polar surface area (TPSA) is 9.23 Å². The predicted molar refractivity (Wildman–Crippen MR) is 64.7 cm³/mol. The zero-order chi connectivity index (χ0) is 10.6. The van der Waals surface area contributed by atoms with Crippen molar-refractivity contribution < 1.29 is 4.43 Å². The lowest BCUT2D eigenvalue weighted by atomic mass is 10.3. The predicted octanol–water partition coefficient (Wildman–Crippen LogP) is 2.14. The van der Waals surface area contributed by atoms with Crippen LogP contribution in [0.4, 0.5) is 5.69 Å². The molecule has 0 N–H and O–H groups in total. The van der Waals surface area contributed by atoms with E-state index in [4.69, 9.17) is 4.43 Å². The number of hydrogen-bond acceptors (Lipinski definition) is 1. The maximum absolute atomic E-state index is 5.77. The Morgan fingerprint density at radius 1 is 1.21 bits per heavy atom. The zero-order valence-electron chi connectivity index (χ0n) is 9.53. The Morgan fingerprint density at radius 2 is 1.79 bits per heavy atom. The number of hydrogen-bond donors (Lipinski definition) is 0. The molecule has 3 heteroatoms. The first-order chi connectivity index (χ1) is 6.59. The van der Waals surface area contributed by atoms with Crippen LogP contribution in [0.5, 0.6) is 0 Å². The van der Waals surface area contributed by atoms with Gasteiger partial charge in [0.25, 0.3) is 0 Å². The van der Waals surface area contributed by atoms with Crippen LogP contribution < -0.4 is 4.15 Å². The molecule has 0 aliphatic carbocycles. The van der Waals surface area contributed by atoms with Crippen LogP contribution in [0.1, 0.15) is 6.92 Å². The van der Waals surface area contributed by atoms with E-state index < -0.39 is 9.20 Å². The summed E-state index contributed by atoms with van der Waals surface area (Å²) in [4.78, 5) is 0. The maximum Gasteiger partial charge on any atom is 0.422 e. The highest BCUT2D eigenvalue weighted by Crippen LogP contribution is 2.20. The molecule has 78 valence electrons. The summed E-state index contributed by atoms with van der Waals surface area (Å²) in [7, 11) is 3.25. The molecule has 0 fully saturated rings. The van der Waals surface area contributed by atoms with Crippen LogP contribution in [0.2, 0.25) is 6.55 Å². The fourth-order valence-electron chi connectivity index (χ4n) is 1.45. The SMILES string of the molecule is CCO[SiH](C)[N+](C)(C)c1ccccc1. The summed E-state index contributed by atoms with van der Waals surface area (Å²) in [6, 6.07) is 10.6. The van der Waals surface area contributed by atoms with Gasteiger partial charge in [-0.15, -0.1) is 0 Å². The second kappa shape index (κ2) is 4.73. The average molecular weight is 210 g/mol. The molecule has 0 aliphatic rings. The second-order valence-corrected chi connectivity index (χ2v) is 6.75. The Morgan fingerprint density at radius 3 is 2.29 bits per heavy atom. The van der Waals surface area contributed by atoms with Crippen molar-refractivity contribution in [2.75, 3.05) is 20.7 Å². The fraction of sp³-hybridized carbons (Fsp3) is 0.455. The molecule has 1 atom stereocenters. The Labute approximate surface area is 88.5 Å². The van der Waals surface area contributed by atoms with Crippen molar-refractivity contribution in [3.63, 3.8) is 0 Å². The molecule has 0 aromatic heterocycles. The van der Waals surface area contributed by atoms with Gasteiger partial charge in [0, 0.05) is 13.2 Å². The molecule has 0 saturated heterocycles. The normalized spacial score (nSPS) is 14.0. The van der Waals surface area contributed by atoms with Gasteiger partial charge in [-0.05, 0) is 19.1 Å². The Balaban J connectivity index is 2.84. The smallest absolute Gasteiger partial charge is 0.373 e. The highest BCUT2D eigenvalue weighted by molar-refractivity contribution is 6.51. The number of rotatable bonds is 4. The minimum Gasteiger partial charge on any atom is -0.373 e. The van der Waals surface area contributed by atoms with E-state index in [2.05, 4.69) is 57.9 Å². The third-order valence-corrected chi connectivity index (χ3v) is 5.67. The molecule has 1 aromatic rings. The lowest BCUT2D eigenvalue weighted by Gasteiger charge is -2.34. The Bertz CT molecular complexity index is 274. The molecular formula is C11H20NOSi+. The number of nitrogens with zero attached hydrogens (tertiary/aromatic N) is 1. The van der Waals surface area contributed by atoms with Gasteiger partial charge in [-0.2, -0.15) is 0 Å². The van der Waals surface area contributed by atoms with Gasteiger partial charge in [0.05, 0.1) is 14.1 Å². The van der Waals surface area contributed by atoms with Gasteiger partial charge in [0.1, 0.15) is 5.69 Å². The van der Waals surface area contributed by atoms with E-state index in [1.807, 2.05) is 0 Å². The number of benzene rings is 1. The zero-order valence-corrected chi connectivity index (χ0v) is 10.7. The molecule has 0 bridgehead atoms. The number of quaternary nitrogens is 1. The standard InChI is InChI=1S/C11H20NOSi/c1-5-13-14(4)12(2,3)11-9-7-6-8-10-11/h6-10,14H,5H2,1-4H3/q+1. The number of para-hydroxylation sites is 1. The van der Waals surface area contributed by atoms with E-state index in [1.165, 1.54) is 5.69 Å². The van der Waals surface area contributed by atoms with Gasteiger partial charge in [0.15, 0.2) is 0 Å². The van der Waals surface area contributed by atoms with Crippen LogP contribution in [-0.4, -0.2) is 29.9 Å². The van der Waals surface area contributed by atoms with Crippen LogP contribution in [0.25, 0.3) is 0 Å². The maximum atomic E-state index is 5.77. The first-order valence-corrected chi connectivity index (χ1v) is 7.24. The molecule has 0 saturated carbocycles. The van der Waals surface area contributed by atoms with Gasteiger partial charge < -0.3 is 8.57 Å². The van der Waals surface area contributed by atoms with Gasteiger partial charge in [-0.1, -0.05) is 18.2 Å². The molecule has 0 spiro atoms. The molecule has 0 radical (unpaired) electrons. The molecule has 2 nitrogen and oxygen atoms in total. The third-order valence-electron chi connectivity index (χ3n) is 2.74. The van der Waals surface area contributed by atoms with Crippen LogP contribution in [0.15, 0.2) is 30.3 Å². The molecule has 1 rings (SSSR count). The molecule has 0 aliphatic heterocycles. The van der Waals surface area contributed by atoms with Crippen molar-refractivity contribution in [3.05, 3.63) is 30.3 Å². The molecular weight excluding hydrogens is 190 g/mol. The Kier molecular flexibility index (Phi) is 3.86. The summed E-state index contributed by atoms with van der Waals surface area (Å²) in [5.74, 6) is 0. The van der Waals surface area contributed by atoms with Crippen LogP contribution >= 0.6 is 0 Å². The quantitative estimate of drug-likeness (QED) is 0.692. The summed E-state index contributed by atoms with van der Waals surface area (Å²) >= 11 is 0. The van der Waals surface area contributed by atoms with Crippen LogP contribution in [0.3, 0.4) is 0 Å². The monoisotopic (exact) mass is 210 g/mol. The minimum absolute atomic E-state index is 0.821. The summed E-state index contributed by atoms with van der Waals surface area (Å²) in [5, 5.41) is 0. The van der Waals surface area contributed by atoms with E-state index in [0.29, 0.717) is 0 Å². The summed E-state index contributed by atoms with van der Waals surface area (Å²) in [5.41, 5.74) is 1.33. The molecule has 0 heterocycles. The second-order valence-electron chi connectivity index (χ2n) is 3.93. The highest BCUT2D eigenvalue weighted by atomic mass is 28.3. The minimum atomic E-state index is -1.20. The van der Waals surface area contributed by atoms with Gasteiger partial charge in [0.2, 0.25) is 0 Å². The lowest BCUT2D eigenvalue weighted by Crippen LogP contribution is -2.53. The van der Waals surface area contributed by atoms with E-state index in [0.717, 1.165) is 10.8 Å². The van der Waals surface area contributed by atoms with Crippen molar-refractivity contribution in [2.45, 2.75) is 13.5 Å². The molecule has 1 unspecified atom stereocenters. The van der Waals surface area contributed by atoms with Gasteiger partial charge in [-0.3, -0.25) is 0 Å². The van der Waals surface area contributed by atoms with E-state index in [-0.39, 0.29) is 0 Å². The van der Waals surface area contributed by atoms with Crippen molar-refractivity contribution >= 4 is 14.9 Å². The first-order valence-electron chi connectivity index (χ1n) is 5.10. The summed E-state index contributed by atoms with van der Waals surface area (Å²) < 4.78 is 6.67. The van der Waals surface area contributed by atoms with Crippen molar-refractivity contribution in [1.29, 1.82) is 0 Å². The average Bonchev–Trinajstić information content (AvgIpc) is 2.19. The largest absolute Gasteiger partial charge is 0.422 e. The van der Waals surface area contributed by atoms with Gasteiger partial charge >= 0.3 is 9.20 Å². The summed E-state index contributed by atoms with van der Waals surface area (Å²) in [6.07, 6.45) is 0.